The molecule has 0 aromatic heterocycles. The van der Waals surface area contributed by atoms with Gasteiger partial charge in [-0.25, -0.2) is 13.2 Å². The number of rotatable bonds is 5. The minimum absolute atomic E-state index is 0.137. The largest absolute Gasteiger partial charge is 0.316 e. The second-order valence-electron chi connectivity index (χ2n) is 4.91. The average molecular weight is 314 g/mol. The van der Waals surface area contributed by atoms with Crippen molar-refractivity contribution in [1.29, 1.82) is 0 Å². The summed E-state index contributed by atoms with van der Waals surface area (Å²) in [5, 5.41) is 3.37. The quantitative estimate of drug-likeness (QED) is 0.875. The van der Waals surface area contributed by atoms with Crippen molar-refractivity contribution in [2.24, 2.45) is 0 Å². The highest BCUT2D eigenvalue weighted by Crippen LogP contribution is 2.18. The summed E-state index contributed by atoms with van der Waals surface area (Å²) in [4.78, 5) is 0. The van der Waals surface area contributed by atoms with Crippen molar-refractivity contribution in [3.8, 4) is 0 Å². The lowest BCUT2D eigenvalue weighted by Gasteiger charge is -2.17. The second-order valence-corrected chi connectivity index (χ2v) is 5.34. The van der Waals surface area contributed by atoms with Crippen LogP contribution in [0.4, 0.5) is 13.2 Å². The van der Waals surface area contributed by atoms with Crippen LogP contribution in [-0.4, -0.2) is 13.1 Å². The van der Waals surface area contributed by atoms with Gasteiger partial charge in [0.2, 0.25) is 0 Å². The maximum atomic E-state index is 13.8. The van der Waals surface area contributed by atoms with E-state index < -0.39 is 11.6 Å². The van der Waals surface area contributed by atoms with E-state index in [0.29, 0.717) is 29.0 Å². The topological polar surface area (TPSA) is 12.0 Å². The zero-order chi connectivity index (χ0) is 15.4. The standard InChI is InChI=1S/C16H15ClF3N/c1-21-15(6-10-4-13(18)9-14(19)5-10)7-11-2-3-12(17)8-16(11)20/h2-5,8-9,15,21H,6-7H2,1H3. The fraction of sp³-hybridized carbons (Fsp3) is 0.250. The van der Waals surface area contributed by atoms with Crippen LogP contribution in [0.1, 0.15) is 11.1 Å². The Morgan fingerprint density at radius 3 is 2.24 bits per heavy atom. The molecule has 0 aliphatic heterocycles. The summed E-state index contributed by atoms with van der Waals surface area (Å²) in [5.41, 5.74) is 1.04. The van der Waals surface area contributed by atoms with Gasteiger partial charge in [-0.15, -0.1) is 0 Å². The Hall–Kier alpha value is -1.52. The van der Waals surface area contributed by atoms with Crippen molar-refractivity contribution in [2.75, 3.05) is 7.05 Å². The molecule has 0 radical (unpaired) electrons. The van der Waals surface area contributed by atoms with E-state index in [4.69, 9.17) is 11.6 Å². The Morgan fingerprint density at radius 1 is 1.00 bits per heavy atom. The van der Waals surface area contributed by atoms with Gasteiger partial charge in [0.15, 0.2) is 0 Å². The Kier molecular flexibility index (Phi) is 5.26. The van der Waals surface area contributed by atoms with E-state index in [9.17, 15) is 13.2 Å². The third-order valence-corrected chi connectivity index (χ3v) is 3.53. The van der Waals surface area contributed by atoms with Gasteiger partial charge in [-0.2, -0.15) is 0 Å². The van der Waals surface area contributed by atoms with Crippen molar-refractivity contribution in [1.82, 2.24) is 5.32 Å². The van der Waals surface area contributed by atoms with Gasteiger partial charge in [0.25, 0.3) is 0 Å². The number of hydrogen-bond donors (Lipinski definition) is 1. The maximum absolute atomic E-state index is 13.8. The van der Waals surface area contributed by atoms with Crippen molar-refractivity contribution < 1.29 is 13.2 Å². The smallest absolute Gasteiger partial charge is 0.127 e. The molecule has 112 valence electrons. The number of nitrogens with one attached hydrogen (secondary N) is 1. The van der Waals surface area contributed by atoms with Crippen LogP contribution in [-0.2, 0) is 12.8 Å². The molecule has 0 aliphatic rings. The van der Waals surface area contributed by atoms with Crippen molar-refractivity contribution >= 4 is 11.6 Å². The molecule has 0 heterocycles. The molecule has 0 saturated carbocycles. The zero-order valence-corrected chi connectivity index (χ0v) is 12.2. The van der Waals surface area contributed by atoms with Crippen molar-refractivity contribution in [2.45, 2.75) is 18.9 Å². The highest BCUT2D eigenvalue weighted by Gasteiger charge is 2.13. The Labute approximate surface area is 126 Å². The summed E-state index contributed by atoms with van der Waals surface area (Å²) in [6.45, 7) is 0. The van der Waals surface area contributed by atoms with E-state index >= 15 is 0 Å². The number of hydrogen-bond acceptors (Lipinski definition) is 1. The summed E-state index contributed by atoms with van der Waals surface area (Å²) in [5.74, 6) is -1.61. The van der Waals surface area contributed by atoms with Gasteiger partial charge in [-0.3, -0.25) is 0 Å². The molecule has 0 aliphatic carbocycles. The first-order valence-corrected chi connectivity index (χ1v) is 6.92. The average Bonchev–Trinajstić information content (AvgIpc) is 2.39. The summed E-state index contributed by atoms with van der Waals surface area (Å²) in [7, 11) is 1.73. The first-order valence-electron chi connectivity index (χ1n) is 6.54. The van der Waals surface area contributed by atoms with Crippen LogP contribution in [0, 0.1) is 17.5 Å². The lowest BCUT2D eigenvalue weighted by molar-refractivity contribution is 0.526. The van der Waals surface area contributed by atoms with Gasteiger partial charge in [0.05, 0.1) is 0 Å². The van der Waals surface area contributed by atoms with Crippen LogP contribution in [0.3, 0.4) is 0 Å². The molecule has 1 unspecified atom stereocenters. The van der Waals surface area contributed by atoms with Crippen LogP contribution in [0.25, 0.3) is 0 Å². The van der Waals surface area contributed by atoms with E-state index in [-0.39, 0.29) is 11.9 Å². The van der Waals surface area contributed by atoms with Crippen molar-refractivity contribution in [3.63, 3.8) is 0 Å². The highest BCUT2D eigenvalue weighted by atomic mass is 35.5. The van der Waals surface area contributed by atoms with E-state index in [1.807, 2.05) is 0 Å². The minimum Gasteiger partial charge on any atom is -0.316 e. The van der Waals surface area contributed by atoms with Gasteiger partial charge in [-0.1, -0.05) is 17.7 Å². The summed E-state index contributed by atoms with van der Waals surface area (Å²) >= 11 is 5.71. The molecule has 2 rings (SSSR count). The molecule has 0 amide bonds. The molecular weight excluding hydrogens is 299 g/mol. The third kappa shape index (κ3) is 4.48. The van der Waals surface area contributed by atoms with E-state index in [1.54, 1.807) is 19.2 Å². The van der Waals surface area contributed by atoms with Crippen LogP contribution >= 0.6 is 11.6 Å². The van der Waals surface area contributed by atoms with Gasteiger partial charge >= 0.3 is 0 Å². The zero-order valence-electron chi connectivity index (χ0n) is 11.5. The normalized spacial score (nSPS) is 12.4. The third-order valence-electron chi connectivity index (χ3n) is 3.29. The molecule has 1 N–H and O–H groups in total. The Morgan fingerprint density at radius 2 is 1.67 bits per heavy atom. The predicted octanol–water partition coefficient (Wildman–Crippen LogP) is 4.13. The van der Waals surface area contributed by atoms with Gasteiger partial charge in [-0.05, 0) is 55.3 Å². The summed E-state index contributed by atoms with van der Waals surface area (Å²) < 4.78 is 40.1. The Balaban J connectivity index is 2.12. The summed E-state index contributed by atoms with van der Waals surface area (Å²) in [6.07, 6.45) is 0.797. The van der Waals surface area contributed by atoms with Crippen molar-refractivity contribution in [3.05, 3.63) is 70.0 Å². The SMILES string of the molecule is CNC(Cc1cc(F)cc(F)c1)Cc1ccc(Cl)cc1F. The lowest BCUT2D eigenvalue weighted by Crippen LogP contribution is -2.30. The first-order chi connectivity index (χ1) is 9.97. The highest BCUT2D eigenvalue weighted by molar-refractivity contribution is 6.30. The molecule has 1 atom stereocenters. The minimum atomic E-state index is -0.613. The maximum Gasteiger partial charge on any atom is 0.127 e. The molecule has 5 heteroatoms. The lowest BCUT2D eigenvalue weighted by atomic mass is 9.98. The molecule has 0 spiro atoms. The van der Waals surface area contributed by atoms with Crippen LogP contribution in [0.2, 0.25) is 5.02 Å². The fourth-order valence-electron chi connectivity index (χ4n) is 2.24. The van der Waals surface area contributed by atoms with Gasteiger partial charge < -0.3 is 5.32 Å². The van der Waals surface area contributed by atoms with Gasteiger partial charge in [0.1, 0.15) is 17.5 Å². The molecular formula is C16H15ClF3N. The van der Waals surface area contributed by atoms with Crippen LogP contribution in [0.5, 0.6) is 0 Å². The number of likely N-dealkylation sites (N-methyl/N-ethyl adjacent to an activating group) is 1. The van der Waals surface area contributed by atoms with Crippen LogP contribution < -0.4 is 5.32 Å². The first kappa shape index (κ1) is 15.9. The molecule has 2 aromatic rings. The van der Waals surface area contributed by atoms with E-state index in [1.165, 1.54) is 18.2 Å². The molecule has 2 aromatic carbocycles. The molecule has 0 fully saturated rings. The fourth-order valence-corrected chi connectivity index (χ4v) is 2.40. The molecule has 0 bridgehead atoms. The summed E-state index contributed by atoms with van der Waals surface area (Å²) in [6, 6.07) is 7.75. The second kappa shape index (κ2) is 6.96. The molecule has 0 saturated heterocycles. The van der Waals surface area contributed by atoms with Gasteiger partial charge in [0, 0.05) is 17.1 Å². The van der Waals surface area contributed by atoms with Crippen LogP contribution in [0.15, 0.2) is 36.4 Å². The Bertz CT molecular complexity index is 611. The predicted molar refractivity (Wildman–Crippen MR) is 78.0 cm³/mol. The monoisotopic (exact) mass is 313 g/mol. The molecule has 1 nitrogen and oxygen atoms in total. The van der Waals surface area contributed by atoms with E-state index in [0.717, 1.165) is 6.07 Å². The number of halogens is 4. The van der Waals surface area contributed by atoms with E-state index in [2.05, 4.69) is 5.32 Å². The number of benzene rings is 2. The molecule has 21 heavy (non-hydrogen) atoms.